The summed E-state index contributed by atoms with van der Waals surface area (Å²) in [6.07, 6.45) is 1.22. The SMILES string of the molecule is CCC1CN(c2cccc(Cl)n2)CCS1. The van der Waals surface area contributed by atoms with Gasteiger partial charge in [0.2, 0.25) is 0 Å². The molecule has 0 radical (unpaired) electrons. The van der Waals surface area contributed by atoms with Crippen LogP contribution >= 0.6 is 23.4 Å². The molecule has 0 aliphatic carbocycles. The predicted molar refractivity (Wildman–Crippen MR) is 68.0 cm³/mol. The van der Waals surface area contributed by atoms with Crippen molar-refractivity contribution < 1.29 is 0 Å². The molecule has 1 aliphatic rings. The molecule has 15 heavy (non-hydrogen) atoms. The Balaban J connectivity index is 2.09. The van der Waals surface area contributed by atoms with Gasteiger partial charge >= 0.3 is 0 Å². The van der Waals surface area contributed by atoms with Crippen molar-refractivity contribution in [1.82, 2.24) is 4.98 Å². The molecule has 1 aromatic rings. The Morgan fingerprint density at radius 2 is 2.47 bits per heavy atom. The van der Waals surface area contributed by atoms with E-state index < -0.39 is 0 Å². The van der Waals surface area contributed by atoms with E-state index in [1.54, 1.807) is 0 Å². The quantitative estimate of drug-likeness (QED) is 0.742. The molecule has 0 aromatic carbocycles. The minimum atomic E-state index is 0.582. The van der Waals surface area contributed by atoms with Crippen LogP contribution in [0, 0.1) is 0 Å². The summed E-state index contributed by atoms with van der Waals surface area (Å²) in [6, 6.07) is 5.82. The largest absolute Gasteiger partial charge is 0.355 e. The normalized spacial score (nSPS) is 21.7. The Hall–Kier alpha value is -0.410. The lowest BCUT2D eigenvalue weighted by Crippen LogP contribution is -2.38. The number of rotatable bonds is 2. The highest BCUT2D eigenvalue weighted by Crippen LogP contribution is 2.25. The number of pyridine rings is 1. The van der Waals surface area contributed by atoms with Crippen LogP contribution in [0.4, 0.5) is 5.82 Å². The van der Waals surface area contributed by atoms with E-state index in [0.29, 0.717) is 5.15 Å². The van der Waals surface area contributed by atoms with E-state index in [0.717, 1.165) is 24.2 Å². The molecule has 1 fully saturated rings. The third kappa shape index (κ3) is 2.79. The molecule has 2 nitrogen and oxygen atoms in total. The molecule has 1 unspecified atom stereocenters. The van der Waals surface area contributed by atoms with Gasteiger partial charge in [0.05, 0.1) is 0 Å². The maximum absolute atomic E-state index is 5.89. The first-order chi connectivity index (χ1) is 7.29. The Kier molecular flexibility index (Phi) is 3.76. The van der Waals surface area contributed by atoms with Crippen molar-refractivity contribution in [2.75, 3.05) is 23.7 Å². The summed E-state index contributed by atoms with van der Waals surface area (Å²) in [5.74, 6) is 2.20. The van der Waals surface area contributed by atoms with Crippen LogP contribution in [0.1, 0.15) is 13.3 Å². The first-order valence-electron chi connectivity index (χ1n) is 5.28. The van der Waals surface area contributed by atoms with Crippen LogP contribution in [0.15, 0.2) is 18.2 Å². The van der Waals surface area contributed by atoms with E-state index in [1.807, 2.05) is 18.2 Å². The van der Waals surface area contributed by atoms with Gasteiger partial charge in [-0.1, -0.05) is 24.6 Å². The van der Waals surface area contributed by atoms with Gasteiger partial charge < -0.3 is 4.90 Å². The van der Waals surface area contributed by atoms with Crippen molar-refractivity contribution in [3.05, 3.63) is 23.4 Å². The molecule has 4 heteroatoms. The fraction of sp³-hybridized carbons (Fsp3) is 0.545. The van der Waals surface area contributed by atoms with Crippen LogP contribution in [0.3, 0.4) is 0 Å². The molecule has 0 saturated carbocycles. The Morgan fingerprint density at radius 3 is 3.20 bits per heavy atom. The minimum absolute atomic E-state index is 0.582. The van der Waals surface area contributed by atoms with Crippen LogP contribution in [-0.4, -0.2) is 29.1 Å². The molecule has 1 saturated heterocycles. The van der Waals surface area contributed by atoms with Crippen molar-refractivity contribution in [2.24, 2.45) is 0 Å². The predicted octanol–water partition coefficient (Wildman–Crippen LogP) is 3.07. The first-order valence-corrected chi connectivity index (χ1v) is 6.71. The second-order valence-corrected chi connectivity index (χ2v) is 5.46. The first kappa shape index (κ1) is 11.1. The zero-order valence-electron chi connectivity index (χ0n) is 8.82. The third-order valence-electron chi connectivity index (χ3n) is 2.62. The Morgan fingerprint density at radius 1 is 1.60 bits per heavy atom. The lowest BCUT2D eigenvalue weighted by atomic mass is 10.3. The summed E-state index contributed by atoms with van der Waals surface area (Å²) in [5, 5.41) is 1.32. The highest BCUT2D eigenvalue weighted by atomic mass is 35.5. The van der Waals surface area contributed by atoms with Crippen molar-refractivity contribution in [1.29, 1.82) is 0 Å². The zero-order valence-corrected chi connectivity index (χ0v) is 10.4. The molecule has 82 valence electrons. The van der Waals surface area contributed by atoms with Gasteiger partial charge in [0.15, 0.2) is 0 Å². The van der Waals surface area contributed by atoms with E-state index in [9.17, 15) is 0 Å². The number of hydrogen-bond acceptors (Lipinski definition) is 3. The van der Waals surface area contributed by atoms with Crippen molar-refractivity contribution in [2.45, 2.75) is 18.6 Å². The maximum Gasteiger partial charge on any atom is 0.131 e. The number of nitrogens with zero attached hydrogens (tertiary/aromatic N) is 2. The average Bonchev–Trinajstić information content (AvgIpc) is 2.29. The molecule has 2 rings (SSSR count). The highest BCUT2D eigenvalue weighted by Gasteiger charge is 2.19. The summed E-state index contributed by atoms with van der Waals surface area (Å²) in [7, 11) is 0. The van der Waals surface area contributed by atoms with Crippen LogP contribution in [0.5, 0.6) is 0 Å². The molecule has 2 heterocycles. The number of anilines is 1. The highest BCUT2D eigenvalue weighted by molar-refractivity contribution is 8.00. The van der Waals surface area contributed by atoms with E-state index in [1.165, 1.54) is 12.2 Å². The number of hydrogen-bond donors (Lipinski definition) is 0. The van der Waals surface area contributed by atoms with E-state index in [-0.39, 0.29) is 0 Å². The summed E-state index contributed by atoms with van der Waals surface area (Å²) in [6.45, 7) is 4.41. The fourth-order valence-corrected chi connectivity index (χ4v) is 3.09. The van der Waals surface area contributed by atoms with E-state index in [4.69, 9.17) is 11.6 Å². The minimum Gasteiger partial charge on any atom is -0.355 e. The smallest absolute Gasteiger partial charge is 0.131 e. The molecule has 0 spiro atoms. The second kappa shape index (κ2) is 5.08. The molecular weight excluding hydrogens is 228 g/mol. The summed E-state index contributed by atoms with van der Waals surface area (Å²) in [4.78, 5) is 6.68. The van der Waals surface area contributed by atoms with Gasteiger partial charge in [0.1, 0.15) is 11.0 Å². The number of halogens is 1. The summed E-state index contributed by atoms with van der Waals surface area (Å²) < 4.78 is 0. The van der Waals surface area contributed by atoms with Crippen molar-refractivity contribution >= 4 is 29.2 Å². The third-order valence-corrected chi connectivity index (χ3v) is 4.20. The molecule has 1 atom stereocenters. The molecule has 1 aliphatic heterocycles. The molecule has 0 bridgehead atoms. The lowest BCUT2D eigenvalue weighted by molar-refractivity contribution is 0.720. The second-order valence-electron chi connectivity index (χ2n) is 3.67. The van der Waals surface area contributed by atoms with Gasteiger partial charge in [0.25, 0.3) is 0 Å². The van der Waals surface area contributed by atoms with E-state index in [2.05, 4.69) is 28.6 Å². The van der Waals surface area contributed by atoms with Crippen LogP contribution in [0.25, 0.3) is 0 Å². The number of thioether (sulfide) groups is 1. The van der Waals surface area contributed by atoms with Crippen LogP contribution < -0.4 is 4.90 Å². The van der Waals surface area contributed by atoms with Crippen molar-refractivity contribution in [3.63, 3.8) is 0 Å². The van der Waals surface area contributed by atoms with Gasteiger partial charge in [-0.25, -0.2) is 4.98 Å². The van der Waals surface area contributed by atoms with Crippen LogP contribution in [0.2, 0.25) is 5.15 Å². The molecule has 1 aromatic heterocycles. The van der Waals surface area contributed by atoms with Crippen LogP contribution in [-0.2, 0) is 0 Å². The summed E-state index contributed by atoms with van der Waals surface area (Å²) in [5.41, 5.74) is 0. The topological polar surface area (TPSA) is 16.1 Å². The van der Waals surface area contributed by atoms with Gasteiger partial charge in [-0.15, -0.1) is 0 Å². The standard InChI is InChI=1S/C11H15ClN2S/c1-2-9-8-14(6-7-15-9)11-5-3-4-10(12)13-11/h3-5,9H,2,6-8H2,1H3. The van der Waals surface area contributed by atoms with Gasteiger partial charge in [-0.2, -0.15) is 11.8 Å². The van der Waals surface area contributed by atoms with Crippen molar-refractivity contribution in [3.8, 4) is 0 Å². The average molecular weight is 243 g/mol. The zero-order chi connectivity index (χ0) is 10.7. The van der Waals surface area contributed by atoms with E-state index >= 15 is 0 Å². The van der Waals surface area contributed by atoms with Gasteiger partial charge in [-0.3, -0.25) is 0 Å². The monoisotopic (exact) mass is 242 g/mol. The Labute approximate surface area is 100 Å². The van der Waals surface area contributed by atoms with Gasteiger partial charge in [0, 0.05) is 24.1 Å². The lowest BCUT2D eigenvalue weighted by Gasteiger charge is -2.32. The molecule has 0 amide bonds. The maximum atomic E-state index is 5.89. The Bertz CT molecular complexity index is 332. The van der Waals surface area contributed by atoms with Gasteiger partial charge in [-0.05, 0) is 18.6 Å². The molecule has 0 N–H and O–H groups in total. The fourth-order valence-electron chi connectivity index (χ4n) is 1.75. The summed E-state index contributed by atoms with van der Waals surface area (Å²) >= 11 is 7.95. The molecular formula is C11H15ClN2S. The number of aromatic nitrogens is 1.